The van der Waals surface area contributed by atoms with Gasteiger partial charge in [-0.2, -0.15) is 4.98 Å². The third-order valence-electron chi connectivity index (χ3n) is 12.8. The monoisotopic (exact) mass is 1030 g/mol. The minimum atomic E-state index is -1.85. The highest BCUT2D eigenvalue weighted by atomic mass is 79.9. The molecule has 13 nitrogen and oxygen atoms in total. The lowest BCUT2D eigenvalue weighted by Gasteiger charge is -2.36. The molecule has 6 rings (SSSR count). The van der Waals surface area contributed by atoms with Gasteiger partial charge in [-0.25, -0.2) is 15.0 Å². The predicted molar refractivity (Wildman–Crippen MR) is 277 cm³/mol. The molecule has 65 heavy (non-hydrogen) atoms. The van der Waals surface area contributed by atoms with E-state index in [0.717, 1.165) is 96.9 Å². The summed E-state index contributed by atoms with van der Waals surface area (Å²) in [6, 6.07) is 0. The highest BCUT2D eigenvalue weighted by Gasteiger charge is 2.38. The fourth-order valence-corrected chi connectivity index (χ4v) is 10.0. The molecule has 0 spiro atoms. The van der Waals surface area contributed by atoms with Gasteiger partial charge in [0.05, 0.1) is 43.4 Å². The number of hydrogen-bond donors (Lipinski definition) is 2. The number of nitrogens with zero attached hydrogens (tertiary/aromatic N) is 7. The molecule has 5 aromatic rings. The molecule has 0 radical (unpaired) electrons. The van der Waals surface area contributed by atoms with Crippen molar-refractivity contribution in [3.8, 4) is 11.5 Å². The zero-order valence-corrected chi connectivity index (χ0v) is 46.4. The first kappa shape index (κ1) is 54.0. The smallest absolute Gasteiger partial charge is 0.222 e. The summed E-state index contributed by atoms with van der Waals surface area (Å²) in [6.45, 7) is 32.6. The van der Waals surface area contributed by atoms with Crippen molar-refractivity contribution < 1.29 is 18.3 Å². The molecule has 4 N–H and O–H groups in total. The van der Waals surface area contributed by atoms with E-state index in [0.29, 0.717) is 41.3 Å². The number of hydrogen-bond acceptors (Lipinski definition) is 12. The standard InChI is InChI=1S/C23H34ClN5O2Si.C16H17ClN4O.C8H19BrOSi/c1-14-12-26-17(15(2)20(14)30-6)11-16-13-29(9-10-31-32(7,8)23(3,4)5)19-18(16)27-22(25)28-21(19)24;1-8-7-19-12(9(2)14(8)22-3)6-10-4-5-11-13(10)20-16(18)21-15(11)17;1-8(2,3)11(4,5)10-7-6-9/h12-13H,9-11H2,1-8H3,(H2,25,27,28);4,7H,5-6H2,1-3H3,(H2,18,20,21);6-7H2,1-5H3. The summed E-state index contributed by atoms with van der Waals surface area (Å²) in [4.78, 5) is 26.2. The van der Waals surface area contributed by atoms with Crippen LogP contribution in [0.4, 0.5) is 11.9 Å². The Morgan fingerprint density at radius 1 is 0.723 bits per heavy atom. The van der Waals surface area contributed by atoms with Gasteiger partial charge in [0.25, 0.3) is 0 Å². The van der Waals surface area contributed by atoms with Crippen LogP contribution in [0.2, 0.25) is 46.6 Å². The molecular weight excluding hydrogens is 962 g/mol. The van der Waals surface area contributed by atoms with Crippen LogP contribution in [0.3, 0.4) is 0 Å². The summed E-state index contributed by atoms with van der Waals surface area (Å²) >= 11 is 16.0. The zero-order chi connectivity index (χ0) is 48.8. The van der Waals surface area contributed by atoms with Crippen LogP contribution < -0.4 is 20.9 Å². The Kier molecular flexibility index (Phi) is 18.2. The Balaban J connectivity index is 0.000000241. The third-order valence-corrected chi connectivity index (χ3v) is 22.7. The summed E-state index contributed by atoms with van der Waals surface area (Å²) in [6.07, 6.45) is 9.82. The van der Waals surface area contributed by atoms with E-state index in [-0.39, 0.29) is 16.9 Å². The normalized spacial score (nSPS) is 12.9. The van der Waals surface area contributed by atoms with Crippen LogP contribution >= 0.6 is 39.1 Å². The number of aryl methyl sites for hydroxylation is 2. The Hall–Kier alpha value is -3.65. The van der Waals surface area contributed by atoms with Gasteiger partial charge in [0.2, 0.25) is 11.9 Å². The number of alkyl halides is 1. The first-order valence-electron chi connectivity index (χ1n) is 21.8. The molecule has 356 valence electrons. The maximum absolute atomic E-state index is 6.51. The van der Waals surface area contributed by atoms with E-state index in [1.54, 1.807) is 14.2 Å². The van der Waals surface area contributed by atoms with Gasteiger partial charge in [0, 0.05) is 83.3 Å². The Morgan fingerprint density at radius 2 is 1.22 bits per heavy atom. The van der Waals surface area contributed by atoms with E-state index in [1.165, 1.54) is 0 Å². The largest absolute Gasteiger partial charge is 0.496 e. The topological polar surface area (TPSA) is 171 Å². The van der Waals surface area contributed by atoms with E-state index in [1.807, 2.05) is 40.1 Å². The maximum Gasteiger partial charge on any atom is 0.222 e. The first-order chi connectivity index (χ1) is 30.2. The second-order valence-corrected chi connectivity index (χ2v) is 30.5. The van der Waals surface area contributed by atoms with Crippen LogP contribution in [0, 0.1) is 27.7 Å². The average Bonchev–Trinajstić information content (AvgIpc) is 3.76. The number of allylic oxidation sites excluding steroid dienone is 2. The molecule has 0 atom stereocenters. The van der Waals surface area contributed by atoms with Crippen molar-refractivity contribution in [1.82, 2.24) is 34.5 Å². The number of nitrogens with two attached hydrogens (primary N) is 2. The van der Waals surface area contributed by atoms with E-state index in [9.17, 15) is 0 Å². The SMILES string of the molecule is CC(C)(C)[Si](C)(C)OCCBr.COc1c(C)cnc(CC2=CCc3c(Cl)nc(N)nc32)c1C.COc1c(C)cnc(Cc2cn(CCO[Si](C)(C)C(C)(C)C)c3c(Cl)nc(N)nc23)c1C. The molecule has 5 aromatic heterocycles. The molecule has 1 aliphatic carbocycles. The number of rotatable bonds is 13. The van der Waals surface area contributed by atoms with Gasteiger partial charge in [0.1, 0.15) is 22.2 Å². The molecule has 0 saturated heterocycles. The van der Waals surface area contributed by atoms with Crippen molar-refractivity contribution in [2.45, 2.75) is 131 Å². The van der Waals surface area contributed by atoms with E-state index < -0.39 is 16.6 Å². The fourth-order valence-electron chi connectivity index (χ4n) is 6.92. The molecule has 0 fully saturated rings. The number of aromatic nitrogens is 7. The highest BCUT2D eigenvalue weighted by molar-refractivity contribution is 9.09. The molecule has 1 aliphatic rings. The molecule has 0 amide bonds. The molecular formula is C47H70BrCl2N9O4Si2. The first-order valence-corrected chi connectivity index (χ1v) is 29.5. The van der Waals surface area contributed by atoms with Gasteiger partial charge in [-0.15, -0.1) is 0 Å². The lowest BCUT2D eigenvalue weighted by Crippen LogP contribution is -2.41. The number of ether oxygens (including phenoxy) is 2. The van der Waals surface area contributed by atoms with E-state index in [4.69, 9.17) is 53.0 Å². The summed E-state index contributed by atoms with van der Waals surface area (Å²) in [7, 11) is 0.0555. The Bertz CT molecular complexity index is 2500. The molecule has 0 unspecified atom stereocenters. The molecule has 18 heteroatoms. The van der Waals surface area contributed by atoms with Gasteiger partial charge in [-0.05, 0) is 76.0 Å². The van der Waals surface area contributed by atoms with Crippen LogP contribution in [-0.2, 0) is 34.7 Å². The minimum absolute atomic E-state index is 0.153. The van der Waals surface area contributed by atoms with Gasteiger partial charge >= 0.3 is 0 Å². The fraction of sp³-hybridized carbons (Fsp3) is 0.532. The lowest BCUT2D eigenvalue weighted by molar-refractivity contribution is 0.273. The van der Waals surface area contributed by atoms with Crippen molar-refractivity contribution >= 4 is 84.3 Å². The number of fused-ring (bicyclic) bond motifs is 2. The van der Waals surface area contributed by atoms with Crippen molar-refractivity contribution in [3.05, 3.63) is 85.4 Å². The van der Waals surface area contributed by atoms with E-state index >= 15 is 0 Å². The second kappa shape index (κ2) is 22.0. The predicted octanol–water partition coefficient (Wildman–Crippen LogP) is 11.6. The zero-order valence-electron chi connectivity index (χ0n) is 41.3. The summed E-state index contributed by atoms with van der Waals surface area (Å²) in [5, 5.41) is 2.21. The second-order valence-electron chi connectivity index (χ2n) is 19.4. The molecule has 5 heterocycles. The van der Waals surface area contributed by atoms with E-state index in [2.05, 4.69) is 130 Å². The van der Waals surface area contributed by atoms with Crippen LogP contribution in [0.1, 0.15) is 92.0 Å². The van der Waals surface area contributed by atoms with Crippen molar-refractivity contribution in [2.75, 3.05) is 44.2 Å². The maximum atomic E-state index is 6.51. The number of pyridine rings is 2. The number of anilines is 2. The summed E-state index contributed by atoms with van der Waals surface area (Å²) in [5.41, 5.74) is 23.0. The average molecular weight is 1030 g/mol. The summed E-state index contributed by atoms with van der Waals surface area (Å²) in [5.74, 6) is 2.09. The van der Waals surface area contributed by atoms with Crippen LogP contribution in [-0.4, -0.2) is 83.9 Å². The Morgan fingerprint density at radius 3 is 1.72 bits per heavy atom. The van der Waals surface area contributed by atoms with Gasteiger partial charge in [-0.3, -0.25) is 9.97 Å². The minimum Gasteiger partial charge on any atom is -0.496 e. The van der Waals surface area contributed by atoms with Gasteiger partial charge in [-0.1, -0.05) is 86.8 Å². The molecule has 0 bridgehead atoms. The number of halogens is 3. The third kappa shape index (κ3) is 13.1. The molecule has 0 aliphatic heterocycles. The van der Waals surface area contributed by atoms with Crippen molar-refractivity contribution in [3.63, 3.8) is 0 Å². The Labute approximate surface area is 407 Å². The van der Waals surface area contributed by atoms with Crippen LogP contribution in [0.25, 0.3) is 16.6 Å². The lowest BCUT2D eigenvalue weighted by atomic mass is 10.0. The summed E-state index contributed by atoms with van der Waals surface area (Å²) < 4.78 is 25.3. The van der Waals surface area contributed by atoms with Crippen LogP contribution in [0.15, 0.2) is 24.7 Å². The quantitative estimate of drug-likeness (QED) is 0.0651. The van der Waals surface area contributed by atoms with Crippen molar-refractivity contribution in [2.24, 2.45) is 0 Å². The van der Waals surface area contributed by atoms with Crippen LogP contribution in [0.5, 0.6) is 11.5 Å². The van der Waals surface area contributed by atoms with Crippen molar-refractivity contribution in [1.29, 1.82) is 0 Å². The number of methoxy groups -OCH3 is 2. The number of nitrogen functional groups attached to an aromatic ring is 2. The molecule has 0 saturated carbocycles. The highest BCUT2D eigenvalue weighted by Crippen LogP contribution is 2.38. The van der Waals surface area contributed by atoms with Gasteiger partial charge < -0.3 is 34.4 Å². The molecule has 0 aromatic carbocycles. The van der Waals surface area contributed by atoms with Gasteiger partial charge in [0.15, 0.2) is 21.8 Å².